The second-order valence-corrected chi connectivity index (χ2v) is 6.04. The number of thiophene rings is 1. The number of aromatic nitrogens is 1. The average molecular weight is 330 g/mol. The number of methoxy groups -OCH3 is 2. The normalized spacial score (nSPS) is 10.7. The minimum absolute atomic E-state index is 0.0920. The summed E-state index contributed by atoms with van der Waals surface area (Å²) in [4.78, 5) is 13.5. The number of carbonyl (C=O) groups is 1. The number of ether oxygens (including phenoxy) is 2. The Morgan fingerprint density at radius 2 is 1.96 bits per heavy atom. The van der Waals surface area contributed by atoms with Crippen molar-refractivity contribution in [1.29, 1.82) is 0 Å². The molecule has 1 amide bonds. The summed E-state index contributed by atoms with van der Waals surface area (Å²) in [6.45, 7) is 0.429. The van der Waals surface area contributed by atoms with E-state index in [9.17, 15) is 4.79 Å². The Hall–Kier alpha value is -2.47. The number of carbonyl (C=O) groups excluding carboxylic acids is 1. The summed E-state index contributed by atoms with van der Waals surface area (Å²) in [6.07, 6.45) is 0. The van der Waals surface area contributed by atoms with Gasteiger partial charge in [-0.05, 0) is 35.2 Å². The highest BCUT2D eigenvalue weighted by Crippen LogP contribution is 2.27. The number of fused-ring (bicyclic) bond motifs is 1. The van der Waals surface area contributed by atoms with Gasteiger partial charge >= 0.3 is 0 Å². The van der Waals surface area contributed by atoms with Crippen molar-refractivity contribution in [3.63, 3.8) is 0 Å². The van der Waals surface area contributed by atoms with Crippen molar-refractivity contribution in [1.82, 2.24) is 9.88 Å². The lowest BCUT2D eigenvalue weighted by Gasteiger charge is -2.10. The van der Waals surface area contributed by atoms with Crippen LogP contribution in [0.4, 0.5) is 0 Å². The summed E-state index contributed by atoms with van der Waals surface area (Å²) < 4.78 is 12.4. The molecule has 0 spiro atoms. The summed E-state index contributed by atoms with van der Waals surface area (Å²) >= 11 is 1.63. The lowest BCUT2D eigenvalue weighted by Crippen LogP contribution is -2.24. The molecule has 0 bridgehead atoms. The summed E-state index contributed by atoms with van der Waals surface area (Å²) in [6, 6.07) is 9.54. The standard InChI is InChI=1S/C17H18N2O3S/c1-19-13(9-12-6-7-23-17(12)19)16(20)18-10-11-4-5-14(21-2)15(8-11)22-3/h4-9H,10H2,1-3H3,(H,18,20). The number of benzene rings is 1. The minimum Gasteiger partial charge on any atom is -0.493 e. The summed E-state index contributed by atoms with van der Waals surface area (Å²) in [7, 11) is 5.10. The van der Waals surface area contributed by atoms with Gasteiger partial charge in [0.15, 0.2) is 11.5 Å². The molecule has 0 atom stereocenters. The molecule has 0 aliphatic heterocycles. The zero-order valence-corrected chi connectivity index (χ0v) is 14.1. The van der Waals surface area contributed by atoms with Crippen LogP contribution in [0.25, 0.3) is 10.2 Å². The van der Waals surface area contributed by atoms with E-state index in [0.29, 0.717) is 23.7 Å². The predicted octanol–water partition coefficient (Wildman–Crippen LogP) is 3.19. The van der Waals surface area contributed by atoms with Gasteiger partial charge in [0.05, 0.1) is 14.2 Å². The fraction of sp³-hybridized carbons (Fsp3) is 0.235. The first-order valence-corrected chi connectivity index (χ1v) is 8.04. The summed E-state index contributed by atoms with van der Waals surface area (Å²) in [5.74, 6) is 1.23. The van der Waals surface area contributed by atoms with Gasteiger partial charge in [-0.2, -0.15) is 0 Å². The Balaban J connectivity index is 1.73. The molecule has 1 aromatic carbocycles. The molecule has 23 heavy (non-hydrogen) atoms. The van der Waals surface area contributed by atoms with Crippen molar-refractivity contribution in [2.45, 2.75) is 6.54 Å². The van der Waals surface area contributed by atoms with Crippen LogP contribution in [0.1, 0.15) is 16.1 Å². The molecule has 0 aliphatic carbocycles. The van der Waals surface area contributed by atoms with E-state index >= 15 is 0 Å². The van der Waals surface area contributed by atoms with Crippen LogP contribution < -0.4 is 14.8 Å². The quantitative estimate of drug-likeness (QED) is 0.782. The van der Waals surface area contributed by atoms with E-state index in [1.807, 2.05) is 47.3 Å². The van der Waals surface area contributed by atoms with Gasteiger partial charge in [-0.25, -0.2) is 0 Å². The van der Waals surface area contributed by atoms with E-state index in [4.69, 9.17) is 9.47 Å². The lowest BCUT2D eigenvalue weighted by atomic mass is 10.2. The smallest absolute Gasteiger partial charge is 0.268 e. The number of hydrogen-bond donors (Lipinski definition) is 1. The molecule has 0 radical (unpaired) electrons. The monoisotopic (exact) mass is 330 g/mol. The molecule has 2 heterocycles. The second-order valence-electron chi connectivity index (χ2n) is 5.14. The molecule has 0 aliphatic rings. The number of rotatable bonds is 5. The van der Waals surface area contributed by atoms with Crippen molar-refractivity contribution in [3.05, 3.63) is 47.0 Å². The fourth-order valence-corrected chi connectivity index (χ4v) is 3.39. The molecule has 3 rings (SSSR count). The van der Waals surface area contributed by atoms with Gasteiger partial charge in [0.1, 0.15) is 10.5 Å². The molecular weight excluding hydrogens is 312 g/mol. The third-order valence-electron chi connectivity index (χ3n) is 3.77. The van der Waals surface area contributed by atoms with E-state index in [0.717, 1.165) is 15.8 Å². The van der Waals surface area contributed by atoms with Crippen molar-refractivity contribution in [3.8, 4) is 11.5 Å². The van der Waals surface area contributed by atoms with Gasteiger partial charge in [-0.1, -0.05) is 6.07 Å². The molecule has 0 fully saturated rings. The first kappa shape index (κ1) is 15.4. The third kappa shape index (κ3) is 2.90. The van der Waals surface area contributed by atoms with Crippen LogP contribution in [-0.4, -0.2) is 24.7 Å². The van der Waals surface area contributed by atoms with Crippen molar-refractivity contribution in [2.24, 2.45) is 7.05 Å². The van der Waals surface area contributed by atoms with Crippen LogP contribution >= 0.6 is 11.3 Å². The maximum atomic E-state index is 12.4. The third-order valence-corrected chi connectivity index (χ3v) is 4.77. The van der Waals surface area contributed by atoms with Crippen LogP contribution in [0.5, 0.6) is 11.5 Å². The van der Waals surface area contributed by atoms with Gasteiger partial charge in [0, 0.05) is 19.0 Å². The van der Waals surface area contributed by atoms with E-state index in [2.05, 4.69) is 5.32 Å². The first-order chi connectivity index (χ1) is 11.1. The summed E-state index contributed by atoms with van der Waals surface area (Å²) in [5, 5.41) is 6.06. The highest BCUT2D eigenvalue weighted by atomic mass is 32.1. The van der Waals surface area contributed by atoms with Gasteiger partial charge in [-0.15, -0.1) is 11.3 Å². The number of amides is 1. The van der Waals surface area contributed by atoms with Crippen LogP contribution in [0, 0.1) is 0 Å². The number of nitrogens with zero attached hydrogens (tertiary/aromatic N) is 1. The van der Waals surface area contributed by atoms with E-state index in [-0.39, 0.29) is 5.91 Å². The van der Waals surface area contributed by atoms with Crippen molar-refractivity contribution in [2.75, 3.05) is 14.2 Å². The Labute approximate surface area is 138 Å². The molecule has 3 aromatic rings. The maximum Gasteiger partial charge on any atom is 0.268 e. The molecule has 120 valence electrons. The highest BCUT2D eigenvalue weighted by Gasteiger charge is 2.14. The fourth-order valence-electron chi connectivity index (χ4n) is 2.53. The Morgan fingerprint density at radius 1 is 1.17 bits per heavy atom. The molecule has 6 heteroatoms. The molecule has 0 unspecified atom stereocenters. The lowest BCUT2D eigenvalue weighted by molar-refractivity contribution is 0.0943. The van der Waals surface area contributed by atoms with Crippen LogP contribution in [0.2, 0.25) is 0 Å². The van der Waals surface area contributed by atoms with Gasteiger partial charge < -0.3 is 19.4 Å². The minimum atomic E-state index is -0.0920. The van der Waals surface area contributed by atoms with Crippen LogP contribution in [0.15, 0.2) is 35.7 Å². The molecule has 0 saturated carbocycles. The Bertz CT molecular complexity index is 851. The van der Waals surface area contributed by atoms with E-state index in [1.54, 1.807) is 25.6 Å². The average Bonchev–Trinajstić information content (AvgIpc) is 3.15. The molecule has 2 aromatic heterocycles. The zero-order valence-electron chi connectivity index (χ0n) is 13.3. The molecule has 1 N–H and O–H groups in total. The van der Waals surface area contributed by atoms with Gasteiger partial charge in [0.2, 0.25) is 0 Å². The topological polar surface area (TPSA) is 52.5 Å². The second kappa shape index (κ2) is 6.34. The highest BCUT2D eigenvalue weighted by molar-refractivity contribution is 7.16. The SMILES string of the molecule is COc1ccc(CNC(=O)c2cc3ccsc3n2C)cc1OC. The molecule has 5 nitrogen and oxygen atoms in total. The van der Waals surface area contributed by atoms with Crippen molar-refractivity contribution >= 4 is 27.5 Å². The van der Waals surface area contributed by atoms with E-state index in [1.165, 1.54) is 0 Å². The van der Waals surface area contributed by atoms with Crippen LogP contribution in [-0.2, 0) is 13.6 Å². The molecular formula is C17H18N2O3S. The Kier molecular flexibility index (Phi) is 4.25. The van der Waals surface area contributed by atoms with E-state index < -0.39 is 0 Å². The largest absolute Gasteiger partial charge is 0.493 e. The van der Waals surface area contributed by atoms with Crippen LogP contribution in [0.3, 0.4) is 0 Å². The Morgan fingerprint density at radius 3 is 2.65 bits per heavy atom. The predicted molar refractivity (Wildman–Crippen MR) is 91.5 cm³/mol. The summed E-state index contributed by atoms with van der Waals surface area (Å²) in [5.41, 5.74) is 1.61. The van der Waals surface area contributed by atoms with Crippen molar-refractivity contribution < 1.29 is 14.3 Å². The number of nitrogens with one attached hydrogen (secondary N) is 1. The zero-order chi connectivity index (χ0) is 16.4. The maximum absolute atomic E-state index is 12.4. The first-order valence-electron chi connectivity index (χ1n) is 7.16. The van der Waals surface area contributed by atoms with Gasteiger partial charge in [0.25, 0.3) is 5.91 Å². The number of aryl methyl sites for hydroxylation is 1. The molecule has 0 saturated heterocycles. The number of hydrogen-bond acceptors (Lipinski definition) is 4. The van der Waals surface area contributed by atoms with Gasteiger partial charge in [-0.3, -0.25) is 4.79 Å².